The van der Waals surface area contributed by atoms with Gasteiger partial charge < -0.3 is 15.4 Å². The average Bonchev–Trinajstić information content (AvgIpc) is 3.02. The van der Waals surface area contributed by atoms with Gasteiger partial charge in [-0.25, -0.2) is 4.98 Å². The van der Waals surface area contributed by atoms with E-state index in [0.717, 1.165) is 50.1 Å². The third kappa shape index (κ3) is 8.06. The van der Waals surface area contributed by atoms with E-state index in [0.29, 0.717) is 18.1 Å². The Bertz CT molecular complexity index is 541. The van der Waals surface area contributed by atoms with E-state index in [4.69, 9.17) is 4.74 Å². The van der Waals surface area contributed by atoms with Gasteiger partial charge in [-0.15, -0.1) is 35.3 Å². The summed E-state index contributed by atoms with van der Waals surface area (Å²) in [6.45, 7) is 13.4. The number of halogens is 1. The maximum atomic E-state index is 5.78. The monoisotopic (exact) mass is 495 g/mol. The molecule has 0 bridgehead atoms. The molecule has 6 nitrogen and oxygen atoms in total. The summed E-state index contributed by atoms with van der Waals surface area (Å²) in [5.74, 6) is 1.32. The van der Waals surface area contributed by atoms with Crippen LogP contribution in [0.2, 0.25) is 0 Å². The lowest BCUT2D eigenvalue weighted by Crippen LogP contribution is -2.46. The van der Waals surface area contributed by atoms with Gasteiger partial charge in [0.15, 0.2) is 5.96 Å². The van der Waals surface area contributed by atoms with Gasteiger partial charge in [-0.05, 0) is 26.2 Å². The molecule has 0 aliphatic carbocycles. The van der Waals surface area contributed by atoms with Crippen molar-refractivity contribution in [3.63, 3.8) is 0 Å². The number of ether oxygens (including phenoxy) is 1. The minimum Gasteiger partial charge on any atom is -0.373 e. The number of nitrogens with zero attached hydrogens (tertiary/aromatic N) is 3. The Balaban J connectivity index is 0.00000338. The van der Waals surface area contributed by atoms with Gasteiger partial charge >= 0.3 is 0 Å². The van der Waals surface area contributed by atoms with Crippen molar-refractivity contribution in [3.8, 4) is 0 Å². The van der Waals surface area contributed by atoms with Gasteiger partial charge in [-0.3, -0.25) is 9.89 Å². The molecule has 150 valence electrons. The van der Waals surface area contributed by atoms with Crippen molar-refractivity contribution in [2.45, 2.75) is 58.8 Å². The summed E-state index contributed by atoms with van der Waals surface area (Å²) in [7, 11) is 1.81. The lowest BCUT2D eigenvalue weighted by atomic mass is 10.2. The molecule has 8 heteroatoms. The molecule has 2 N–H and O–H groups in total. The van der Waals surface area contributed by atoms with Gasteiger partial charge in [0.25, 0.3) is 0 Å². The third-order valence-electron chi connectivity index (χ3n) is 4.23. The predicted octanol–water partition coefficient (Wildman–Crippen LogP) is 3.05. The molecule has 2 atom stereocenters. The molecule has 1 fully saturated rings. The Morgan fingerprint density at radius 2 is 2.04 bits per heavy atom. The molecule has 0 amide bonds. The Kier molecular flexibility index (Phi) is 11.0. The van der Waals surface area contributed by atoms with Crippen LogP contribution in [0.15, 0.2) is 10.4 Å². The molecule has 2 unspecified atom stereocenters. The van der Waals surface area contributed by atoms with E-state index in [1.54, 1.807) is 11.3 Å². The molecule has 1 aromatic heterocycles. The zero-order valence-corrected chi connectivity index (χ0v) is 19.8. The molecule has 0 radical (unpaired) electrons. The highest BCUT2D eigenvalue weighted by molar-refractivity contribution is 14.0. The molecule has 1 saturated heterocycles. The summed E-state index contributed by atoms with van der Waals surface area (Å²) in [5, 5.41) is 9.97. The molecule has 2 rings (SSSR count). The molecule has 26 heavy (non-hydrogen) atoms. The zero-order chi connectivity index (χ0) is 18.2. The van der Waals surface area contributed by atoms with Crippen molar-refractivity contribution in [1.82, 2.24) is 20.5 Å². The fourth-order valence-electron chi connectivity index (χ4n) is 3.03. The van der Waals surface area contributed by atoms with Crippen LogP contribution in [0, 0.1) is 0 Å². The largest absolute Gasteiger partial charge is 0.373 e. The topological polar surface area (TPSA) is 61.8 Å². The molecule has 1 aliphatic rings. The molecule has 1 aliphatic heterocycles. The van der Waals surface area contributed by atoms with Gasteiger partial charge in [-0.2, -0.15) is 0 Å². The minimum absolute atomic E-state index is 0. The number of nitrogens with one attached hydrogen (secondary N) is 2. The fraction of sp³-hybridized carbons (Fsp3) is 0.778. The first-order chi connectivity index (χ1) is 12.0. The van der Waals surface area contributed by atoms with Gasteiger partial charge in [0.05, 0.1) is 24.4 Å². The van der Waals surface area contributed by atoms with E-state index >= 15 is 0 Å². The molecular weight excluding hydrogens is 461 g/mol. The van der Waals surface area contributed by atoms with Gasteiger partial charge in [0.2, 0.25) is 0 Å². The third-order valence-corrected chi connectivity index (χ3v) is 5.10. The standard InChI is InChI=1S/C18H33N5OS.HI/c1-13(2)16-12-25-17(22-16)9-21-18(19-5)20-7-6-8-23-10-14(3)24-15(4)11-23;/h12-15H,6-11H2,1-5H3,(H2,19,20,21);1H. The van der Waals surface area contributed by atoms with Crippen molar-refractivity contribution in [2.24, 2.45) is 4.99 Å². The summed E-state index contributed by atoms with van der Waals surface area (Å²) < 4.78 is 5.78. The van der Waals surface area contributed by atoms with E-state index in [1.807, 2.05) is 7.05 Å². The van der Waals surface area contributed by atoms with Gasteiger partial charge in [-0.1, -0.05) is 13.8 Å². The van der Waals surface area contributed by atoms with Crippen molar-refractivity contribution < 1.29 is 4.74 Å². The number of hydrogen-bond donors (Lipinski definition) is 2. The second-order valence-corrected chi connectivity index (χ2v) is 7.99. The molecule has 0 spiro atoms. The quantitative estimate of drug-likeness (QED) is 0.264. The number of hydrogen-bond acceptors (Lipinski definition) is 5. The Labute approximate surface area is 179 Å². The number of aliphatic imine (C=N–C) groups is 1. The smallest absolute Gasteiger partial charge is 0.191 e. The van der Waals surface area contributed by atoms with Gasteiger partial charge in [0, 0.05) is 38.6 Å². The van der Waals surface area contributed by atoms with Crippen LogP contribution in [0.1, 0.15) is 50.7 Å². The first kappa shape index (κ1) is 23.6. The highest BCUT2D eigenvalue weighted by Gasteiger charge is 2.21. The average molecular weight is 495 g/mol. The summed E-state index contributed by atoms with van der Waals surface area (Å²) >= 11 is 1.70. The molecule has 0 saturated carbocycles. The van der Waals surface area contributed by atoms with Crippen LogP contribution in [-0.2, 0) is 11.3 Å². The first-order valence-electron chi connectivity index (χ1n) is 9.24. The van der Waals surface area contributed by atoms with Crippen LogP contribution >= 0.6 is 35.3 Å². The molecular formula is C18H34IN5OS. The van der Waals surface area contributed by atoms with E-state index in [-0.39, 0.29) is 24.0 Å². The van der Waals surface area contributed by atoms with E-state index < -0.39 is 0 Å². The SMILES string of the molecule is CN=C(NCCCN1CC(C)OC(C)C1)NCc1nc(C(C)C)cs1.I. The van der Waals surface area contributed by atoms with Crippen LogP contribution in [0.5, 0.6) is 0 Å². The lowest BCUT2D eigenvalue weighted by molar-refractivity contribution is -0.0679. The Hall–Kier alpha value is -0.450. The Morgan fingerprint density at radius 1 is 1.35 bits per heavy atom. The van der Waals surface area contributed by atoms with Crippen molar-refractivity contribution in [3.05, 3.63) is 16.1 Å². The molecule has 1 aromatic rings. The zero-order valence-electron chi connectivity index (χ0n) is 16.6. The van der Waals surface area contributed by atoms with Crippen molar-refractivity contribution in [2.75, 3.05) is 33.2 Å². The summed E-state index contributed by atoms with van der Waals surface area (Å²) in [6, 6.07) is 0. The van der Waals surface area contributed by atoms with Crippen LogP contribution < -0.4 is 10.6 Å². The van der Waals surface area contributed by atoms with E-state index in [9.17, 15) is 0 Å². The number of morpholine rings is 1. The highest BCUT2D eigenvalue weighted by Crippen LogP contribution is 2.17. The summed E-state index contributed by atoms with van der Waals surface area (Å²) in [5.41, 5.74) is 1.17. The highest BCUT2D eigenvalue weighted by atomic mass is 127. The van der Waals surface area contributed by atoms with Crippen molar-refractivity contribution in [1.29, 1.82) is 0 Å². The number of guanidine groups is 1. The second-order valence-electron chi connectivity index (χ2n) is 7.04. The van der Waals surface area contributed by atoms with Crippen molar-refractivity contribution >= 4 is 41.3 Å². The van der Waals surface area contributed by atoms with Gasteiger partial charge in [0.1, 0.15) is 5.01 Å². The summed E-state index contributed by atoms with van der Waals surface area (Å²) in [6.07, 6.45) is 1.76. The maximum absolute atomic E-state index is 5.78. The van der Waals surface area contributed by atoms with E-state index in [1.165, 1.54) is 5.69 Å². The predicted molar refractivity (Wildman–Crippen MR) is 121 cm³/mol. The van der Waals surface area contributed by atoms with Crippen LogP contribution in [0.4, 0.5) is 0 Å². The number of thiazole rings is 1. The minimum atomic E-state index is 0. The van der Waals surface area contributed by atoms with Crippen LogP contribution in [0.25, 0.3) is 0 Å². The Morgan fingerprint density at radius 3 is 2.62 bits per heavy atom. The fourth-order valence-corrected chi connectivity index (χ4v) is 3.92. The molecule has 0 aromatic carbocycles. The number of aromatic nitrogens is 1. The normalized spacial score (nSPS) is 21.5. The van der Waals surface area contributed by atoms with Crippen LogP contribution in [0.3, 0.4) is 0 Å². The maximum Gasteiger partial charge on any atom is 0.191 e. The summed E-state index contributed by atoms with van der Waals surface area (Å²) in [4.78, 5) is 11.4. The molecule has 2 heterocycles. The van der Waals surface area contributed by atoms with Crippen LogP contribution in [-0.4, -0.2) is 61.3 Å². The lowest BCUT2D eigenvalue weighted by Gasteiger charge is -2.35. The second kappa shape index (κ2) is 12.1. The first-order valence-corrected chi connectivity index (χ1v) is 10.1. The number of rotatable bonds is 7. The van der Waals surface area contributed by atoms with E-state index in [2.05, 4.69) is 58.6 Å².